The maximum absolute atomic E-state index is 15.0. The second kappa shape index (κ2) is 11.8. The summed E-state index contributed by atoms with van der Waals surface area (Å²) in [4.78, 5) is 0. The molecule has 0 radical (unpaired) electrons. The zero-order valence-corrected chi connectivity index (χ0v) is 21.3. The first-order chi connectivity index (χ1) is 16.8. The van der Waals surface area contributed by atoms with Crippen LogP contribution in [0.5, 0.6) is 5.75 Å². The Morgan fingerprint density at radius 3 is 2.03 bits per heavy atom. The van der Waals surface area contributed by atoms with E-state index >= 15 is 4.39 Å². The van der Waals surface area contributed by atoms with Crippen molar-refractivity contribution in [2.45, 2.75) is 109 Å². The fourth-order valence-corrected chi connectivity index (χ4v) is 7.16. The van der Waals surface area contributed by atoms with Crippen LogP contribution in [0.1, 0.15) is 108 Å². The minimum atomic E-state index is -4.80. The Labute approximate surface area is 208 Å². The third-order valence-corrected chi connectivity index (χ3v) is 9.07. The molecule has 198 valence electrons. The van der Waals surface area contributed by atoms with Crippen LogP contribution in [0.4, 0.5) is 17.6 Å². The zero-order valence-electron chi connectivity index (χ0n) is 21.3. The molecule has 3 fully saturated rings. The summed E-state index contributed by atoms with van der Waals surface area (Å²) in [6.45, 7) is 4.22. The van der Waals surface area contributed by atoms with Gasteiger partial charge in [0.25, 0.3) is 0 Å². The minimum absolute atomic E-state index is 0.0540. The predicted molar refractivity (Wildman–Crippen MR) is 130 cm³/mol. The van der Waals surface area contributed by atoms with E-state index in [1.54, 1.807) is 6.92 Å². The lowest BCUT2D eigenvalue weighted by Crippen LogP contribution is -2.35. The summed E-state index contributed by atoms with van der Waals surface area (Å²) >= 11 is 0. The molecule has 3 aliphatic rings. The summed E-state index contributed by atoms with van der Waals surface area (Å²) in [5, 5.41) is 0. The molecule has 35 heavy (non-hydrogen) atoms. The molecule has 0 amide bonds. The van der Waals surface area contributed by atoms with Crippen molar-refractivity contribution in [1.29, 1.82) is 0 Å². The first-order valence-electron chi connectivity index (χ1n) is 14.0. The van der Waals surface area contributed by atoms with E-state index in [0.717, 1.165) is 24.2 Å². The van der Waals surface area contributed by atoms with Gasteiger partial charge in [-0.25, -0.2) is 4.39 Å². The number of hydrogen-bond donors (Lipinski definition) is 0. The van der Waals surface area contributed by atoms with Crippen molar-refractivity contribution in [2.24, 2.45) is 23.7 Å². The van der Waals surface area contributed by atoms with Crippen LogP contribution < -0.4 is 4.74 Å². The molecule has 1 saturated heterocycles. The maximum Gasteiger partial charge on any atom is 0.422 e. The topological polar surface area (TPSA) is 18.5 Å². The van der Waals surface area contributed by atoms with Gasteiger partial charge in [0, 0.05) is 5.92 Å². The molecule has 1 aromatic carbocycles. The highest BCUT2D eigenvalue weighted by Gasteiger charge is 2.41. The van der Waals surface area contributed by atoms with Gasteiger partial charge in [-0.2, -0.15) is 13.2 Å². The summed E-state index contributed by atoms with van der Waals surface area (Å²) in [7, 11) is 0. The maximum atomic E-state index is 15.0. The molecular weight excluding hydrogens is 456 g/mol. The molecule has 2 aliphatic carbocycles. The van der Waals surface area contributed by atoms with Gasteiger partial charge in [-0.15, -0.1) is 0 Å². The second-order valence-corrected chi connectivity index (χ2v) is 11.2. The van der Waals surface area contributed by atoms with E-state index in [0.29, 0.717) is 12.3 Å². The molecule has 1 aliphatic heterocycles. The first-order valence-corrected chi connectivity index (χ1v) is 14.0. The van der Waals surface area contributed by atoms with Crippen molar-refractivity contribution in [3.05, 3.63) is 29.1 Å². The van der Waals surface area contributed by atoms with E-state index in [4.69, 9.17) is 9.47 Å². The summed E-state index contributed by atoms with van der Waals surface area (Å²) in [5.41, 5.74) is -1.19. The average Bonchev–Trinajstić information content (AvgIpc) is 2.85. The average molecular weight is 499 g/mol. The third-order valence-electron chi connectivity index (χ3n) is 9.07. The molecule has 0 aromatic heterocycles. The van der Waals surface area contributed by atoms with E-state index in [-0.39, 0.29) is 30.8 Å². The Morgan fingerprint density at radius 1 is 0.857 bits per heavy atom. The molecule has 2 saturated carbocycles. The van der Waals surface area contributed by atoms with Crippen molar-refractivity contribution >= 4 is 0 Å². The Hall–Kier alpha value is -1.30. The van der Waals surface area contributed by atoms with Crippen molar-refractivity contribution in [3.8, 4) is 5.75 Å². The molecule has 2 unspecified atom stereocenters. The number of halogens is 4. The molecule has 4 rings (SSSR count). The van der Waals surface area contributed by atoms with Crippen molar-refractivity contribution in [1.82, 2.24) is 0 Å². The summed E-state index contributed by atoms with van der Waals surface area (Å²) < 4.78 is 66.9. The van der Waals surface area contributed by atoms with Gasteiger partial charge in [0.1, 0.15) is 17.1 Å². The first kappa shape index (κ1) is 26.8. The van der Waals surface area contributed by atoms with Crippen LogP contribution in [-0.2, 0) is 10.9 Å². The van der Waals surface area contributed by atoms with Gasteiger partial charge in [-0.1, -0.05) is 38.7 Å². The molecule has 0 N–H and O–H groups in total. The van der Waals surface area contributed by atoms with E-state index < -0.39 is 23.3 Å². The Bertz CT molecular complexity index is 800. The second-order valence-electron chi connectivity index (χ2n) is 11.2. The molecular formula is C29H42F4O2. The van der Waals surface area contributed by atoms with Crippen LogP contribution in [0.15, 0.2) is 12.1 Å². The highest BCUT2D eigenvalue weighted by Crippen LogP contribution is 2.46. The van der Waals surface area contributed by atoms with Crippen molar-refractivity contribution in [3.63, 3.8) is 0 Å². The number of rotatable bonds is 7. The summed E-state index contributed by atoms with van der Waals surface area (Å²) in [6.07, 6.45) is 10.0. The van der Waals surface area contributed by atoms with Gasteiger partial charge in [-0.3, -0.25) is 0 Å². The fourth-order valence-electron chi connectivity index (χ4n) is 7.16. The minimum Gasteiger partial charge on any atom is -0.493 e. The largest absolute Gasteiger partial charge is 0.493 e. The van der Waals surface area contributed by atoms with Crippen LogP contribution in [0.25, 0.3) is 0 Å². The Morgan fingerprint density at radius 2 is 1.49 bits per heavy atom. The lowest BCUT2D eigenvalue weighted by atomic mass is 9.67. The zero-order chi connectivity index (χ0) is 25.0. The van der Waals surface area contributed by atoms with Crippen molar-refractivity contribution < 1.29 is 27.0 Å². The highest BCUT2D eigenvalue weighted by molar-refractivity contribution is 5.42. The normalized spacial score (nSPS) is 32.4. The quantitative estimate of drug-likeness (QED) is 0.349. The van der Waals surface area contributed by atoms with E-state index in [9.17, 15) is 13.2 Å². The van der Waals surface area contributed by atoms with Gasteiger partial charge in [0.05, 0.1) is 19.3 Å². The van der Waals surface area contributed by atoms with Crippen molar-refractivity contribution in [2.75, 3.05) is 13.2 Å². The van der Waals surface area contributed by atoms with Crippen LogP contribution in [-0.4, -0.2) is 19.3 Å². The van der Waals surface area contributed by atoms with Crippen LogP contribution in [0, 0.1) is 29.5 Å². The molecule has 0 bridgehead atoms. The molecule has 0 spiro atoms. The van der Waals surface area contributed by atoms with Crippen LogP contribution in [0.3, 0.4) is 0 Å². The van der Waals surface area contributed by atoms with E-state index in [1.165, 1.54) is 76.3 Å². The lowest BCUT2D eigenvalue weighted by Gasteiger charge is -2.41. The van der Waals surface area contributed by atoms with E-state index in [1.807, 2.05) is 0 Å². The van der Waals surface area contributed by atoms with Gasteiger partial charge in [0.2, 0.25) is 0 Å². The van der Waals surface area contributed by atoms with Crippen LogP contribution >= 0.6 is 0 Å². The highest BCUT2D eigenvalue weighted by atomic mass is 19.4. The lowest BCUT2D eigenvalue weighted by molar-refractivity contribution is -0.141. The number of alkyl halides is 3. The Kier molecular flexibility index (Phi) is 9.04. The molecule has 6 heteroatoms. The SMILES string of the molecule is CCCC1CCC(C2CCC(C3CCC(c4ccc(OCC)c(C(F)(F)F)c4F)CO3)CC2)CC1. The number of ether oxygens (including phenoxy) is 2. The van der Waals surface area contributed by atoms with Gasteiger partial charge < -0.3 is 9.47 Å². The summed E-state index contributed by atoms with van der Waals surface area (Å²) in [6, 6.07) is 2.71. The van der Waals surface area contributed by atoms with Gasteiger partial charge >= 0.3 is 6.18 Å². The van der Waals surface area contributed by atoms with Gasteiger partial charge in [-0.05, 0) is 93.6 Å². The molecule has 2 nitrogen and oxygen atoms in total. The van der Waals surface area contributed by atoms with E-state index in [2.05, 4.69) is 6.92 Å². The van der Waals surface area contributed by atoms with Gasteiger partial charge in [0.15, 0.2) is 0 Å². The molecule has 1 aromatic rings. The Balaban J connectivity index is 1.29. The predicted octanol–water partition coefficient (Wildman–Crippen LogP) is 8.92. The third kappa shape index (κ3) is 6.34. The monoisotopic (exact) mass is 498 g/mol. The fraction of sp³-hybridized carbons (Fsp3) is 0.793. The molecule has 1 heterocycles. The smallest absolute Gasteiger partial charge is 0.422 e. The number of benzene rings is 1. The van der Waals surface area contributed by atoms with Crippen LogP contribution in [0.2, 0.25) is 0 Å². The standard InChI is InChI=1S/C29H42F4O2/c1-3-5-19-6-8-20(9-7-19)21-10-12-22(13-11-21)25-16-14-23(18-35-25)24-15-17-26(34-4-2)27(28(24)30)29(31,32)33/h15,17,19-23,25H,3-14,16,18H2,1-2H3. The number of hydrogen-bond acceptors (Lipinski definition) is 2. The molecule has 2 atom stereocenters. The summed E-state index contributed by atoms with van der Waals surface area (Å²) in [5.74, 6) is 1.23.